The molecule has 0 amide bonds. The SMILES string of the molecule is COC(C)C(=O)Cc1c(Br)c(C)nn1C. The van der Waals surface area contributed by atoms with Crippen molar-refractivity contribution < 1.29 is 9.53 Å². The van der Waals surface area contributed by atoms with Crippen LogP contribution in [0.5, 0.6) is 0 Å². The quantitative estimate of drug-likeness (QED) is 0.839. The maximum Gasteiger partial charge on any atom is 0.167 e. The largest absolute Gasteiger partial charge is 0.374 e. The molecule has 0 aliphatic rings. The summed E-state index contributed by atoms with van der Waals surface area (Å²) in [5.41, 5.74) is 1.78. The van der Waals surface area contributed by atoms with Crippen LogP contribution in [0.4, 0.5) is 0 Å². The van der Waals surface area contributed by atoms with Crippen LogP contribution in [0.3, 0.4) is 0 Å². The number of carbonyl (C=O) groups is 1. The van der Waals surface area contributed by atoms with Gasteiger partial charge in [0.1, 0.15) is 6.10 Å². The Morgan fingerprint density at radius 2 is 2.27 bits per heavy atom. The molecule has 1 unspecified atom stereocenters. The number of ketones is 1. The Balaban J connectivity index is 2.85. The Morgan fingerprint density at radius 1 is 1.67 bits per heavy atom. The number of Topliss-reactive ketones (excluding diaryl/α,β-unsaturated/α-hetero) is 1. The molecular formula is C10H15BrN2O2. The highest BCUT2D eigenvalue weighted by Gasteiger charge is 2.18. The molecule has 0 fully saturated rings. The third-order valence-corrected chi connectivity index (χ3v) is 3.44. The molecule has 1 aromatic rings. The molecule has 0 radical (unpaired) electrons. The molecular weight excluding hydrogens is 260 g/mol. The fourth-order valence-corrected chi connectivity index (χ4v) is 1.79. The number of aryl methyl sites for hydroxylation is 2. The van der Waals surface area contributed by atoms with Crippen LogP contribution < -0.4 is 0 Å². The van der Waals surface area contributed by atoms with E-state index in [1.54, 1.807) is 11.6 Å². The summed E-state index contributed by atoms with van der Waals surface area (Å²) in [6.07, 6.45) is -0.0282. The normalized spacial score (nSPS) is 12.9. The molecule has 0 spiro atoms. The standard InChI is InChI=1S/C10H15BrN2O2/c1-6-10(11)8(13(3)12-6)5-9(14)7(2)15-4/h7H,5H2,1-4H3. The van der Waals surface area contributed by atoms with E-state index in [-0.39, 0.29) is 11.9 Å². The highest BCUT2D eigenvalue weighted by atomic mass is 79.9. The molecule has 0 aliphatic carbocycles. The summed E-state index contributed by atoms with van der Waals surface area (Å²) in [5, 5.41) is 4.23. The van der Waals surface area contributed by atoms with Crippen LogP contribution in [-0.2, 0) is 23.0 Å². The third-order valence-electron chi connectivity index (χ3n) is 2.41. The summed E-state index contributed by atoms with van der Waals surface area (Å²) in [6.45, 7) is 3.65. The molecule has 4 nitrogen and oxygen atoms in total. The smallest absolute Gasteiger partial charge is 0.167 e. The molecule has 1 heterocycles. The zero-order chi connectivity index (χ0) is 11.6. The Kier molecular flexibility index (Phi) is 4.04. The minimum Gasteiger partial charge on any atom is -0.374 e. The Hall–Kier alpha value is -0.680. The molecule has 0 aromatic carbocycles. The van der Waals surface area contributed by atoms with Gasteiger partial charge in [0.25, 0.3) is 0 Å². The van der Waals surface area contributed by atoms with Gasteiger partial charge in [-0.1, -0.05) is 0 Å². The molecule has 0 aliphatic heterocycles. The van der Waals surface area contributed by atoms with Crippen molar-refractivity contribution in [1.29, 1.82) is 0 Å². The molecule has 84 valence electrons. The van der Waals surface area contributed by atoms with Crippen molar-refractivity contribution in [2.75, 3.05) is 7.11 Å². The number of nitrogens with zero attached hydrogens (tertiary/aromatic N) is 2. The molecule has 1 rings (SSSR count). The van der Waals surface area contributed by atoms with Crippen LogP contribution in [0.15, 0.2) is 4.47 Å². The zero-order valence-corrected chi connectivity index (χ0v) is 11.0. The van der Waals surface area contributed by atoms with E-state index < -0.39 is 0 Å². The van der Waals surface area contributed by atoms with Crippen molar-refractivity contribution >= 4 is 21.7 Å². The van der Waals surface area contributed by atoms with Gasteiger partial charge >= 0.3 is 0 Å². The maximum atomic E-state index is 11.7. The Morgan fingerprint density at radius 3 is 2.67 bits per heavy atom. The first kappa shape index (κ1) is 12.4. The van der Waals surface area contributed by atoms with Crippen molar-refractivity contribution in [1.82, 2.24) is 9.78 Å². The molecule has 0 bridgehead atoms. The lowest BCUT2D eigenvalue weighted by Gasteiger charge is -2.08. The second-order valence-electron chi connectivity index (χ2n) is 3.49. The Bertz CT molecular complexity index is 374. The Labute approximate surface area is 97.7 Å². The molecule has 5 heteroatoms. The van der Waals surface area contributed by atoms with Gasteiger partial charge in [-0.3, -0.25) is 9.48 Å². The predicted octanol–water partition coefficient (Wildman–Crippen LogP) is 1.64. The minimum atomic E-state index is -0.368. The van der Waals surface area contributed by atoms with E-state index in [9.17, 15) is 4.79 Å². The van der Waals surface area contributed by atoms with Gasteiger partial charge in [0.05, 0.1) is 22.3 Å². The predicted molar refractivity (Wildman–Crippen MR) is 60.8 cm³/mol. The second-order valence-corrected chi connectivity index (χ2v) is 4.28. The van der Waals surface area contributed by atoms with Crippen LogP contribution in [-0.4, -0.2) is 28.8 Å². The van der Waals surface area contributed by atoms with E-state index in [2.05, 4.69) is 21.0 Å². The average Bonchev–Trinajstić information content (AvgIpc) is 2.43. The zero-order valence-electron chi connectivity index (χ0n) is 9.37. The van der Waals surface area contributed by atoms with E-state index in [0.29, 0.717) is 6.42 Å². The lowest BCUT2D eigenvalue weighted by atomic mass is 10.1. The molecule has 0 saturated carbocycles. The first-order valence-corrected chi connectivity index (χ1v) is 5.50. The summed E-state index contributed by atoms with van der Waals surface area (Å²) < 4.78 is 7.60. The van der Waals surface area contributed by atoms with Crippen molar-refractivity contribution in [3.8, 4) is 0 Å². The van der Waals surface area contributed by atoms with Crippen LogP contribution in [0.1, 0.15) is 18.3 Å². The summed E-state index contributed by atoms with van der Waals surface area (Å²) in [6, 6.07) is 0. The van der Waals surface area contributed by atoms with E-state index in [1.165, 1.54) is 7.11 Å². The topological polar surface area (TPSA) is 44.1 Å². The van der Waals surface area contributed by atoms with Crippen LogP contribution in [0.25, 0.3) is 0 Å². The van der Waals surface area contributed by atoms with Gasteiger partial charge in [0, 0.05) is 14.2 Å². The van der Waals surface area contributed by atoms with Crippen molar-refractivity contribution in [2.45, 2.75) is 26.4 Å². The third kappa shape index (κ3) is 2.66. The van der Waals surface area contributed by atoms with Gasteiger partial charge in [0.15, 0.2) is 5.78 Å². The first-order valence-electron chi connectivity index (χ1n) is 4.70. The summed E-state index contributed by atoms with van der Waals surface area (Å²) in [5.74, 6) is 0.0567. The van der Waals surface area contributed by atoms with Crippen molar-refractivity contribution in [3.05, 3.63) is 15.9 Å². The number of hydrogen-bond acceptors (Lipinski definition) is 3. The molecule has 1 aromatic heterocycles. The van der Waals surface area contributed by atoms with Gasteiger partial charge in [-0.15, -0.1) is 0 Å². The first-order chi connectivity index (χ1) is 6.97. The summed E-state index contributed by atoms with van der Waals surface area (Å²) in [4.78, 5) is 11.7. The monoisotopic (exact) mass is 274 g/mol. The van der Waals surface area contributed by atoms with Gasteiger partial charge in [0.2, 0.25) is 0 Å². The molecule has 0 N–H and O–H groups in total. The van der Waals surface area contributed by atoms with Crippen LogP contribution >= 0.6 is 15.9 Å². The van der Waals surface area contributed by atoms with E-state index >= 15 is 0 Å². The minimum absolute atomic E-state index is 0.0567. The van der Waals surface area contributed by atoms with E-state index in [4.69, 9.17) is 4.74 Å². The van der Waals surface area contributed by atoms with Gasteiger partial charge in [-0.2, -0.15) is 5.10 Å². The highest BCUT2D eigenvalue weighted by Crippen LogP contribution is 2.21. The number of halogens is 1. The fraction of sp³-hybridized carbons (Fsp3) is 0.600. The van der Waals surface area contributed by atoms with Gasteiger partial charge in [-0.05, 0) is 29.8 Å². The van der Waals surface area contributed by atoms with Crippen molar-refractivity contribution in [2.24, 2.45) is 7.05 Å². The second kappa shape index (κ2) is 4.90. The van der Waals surface area contributed by atoms with Crippen LogP contribution in [0, 0.1) is 6.92 Å². The maximum absolute atomic E-state index is 11.7. The summed E-state index contributed by atoms with van der Waals surface area (Å²) in [7, 11) is 3.37. The number of carbonyl (C=O) groups excluding carboxylic acids is 1. The van der Waals surface area contributed by atoms with Gasteiger partial charge < -0.3 is 4.74 Å². The van der Waals surface area contributed by atoms with E-state index in [0.717, 1.165) is 15.9 Å². The van der Waals surface area contributed by atoms with E-state index in [1.807, 2.05) is 14.0 Å². The van der Waals surface area contributed by atoms with Gasteiger partial charge in [-0.25, -0.2) is 0 Å². The lowest BCUT2D eigenvalue weighted by molar-refractivity contribution is -0.127. The number of hydrogen-bond donors (Lipinski definition) is 0. The number of methoxy groups -OCH3 is 1. The molecule has 15 heavy (non-hydrogen) atoms. The highest BCUT2D eigenvalue weighted by molar-refractivity contribution is 9.10. The summed E-state index contributed by atoms with van der Waals surface area (Å²) >= 11 is 3.42. The molecule has 1 atom stereocenters. The number of aromatic nitrogens is 2. The fourth-order valence-electron chi connectivity index (χ4n) is 1.31. The van der Waals surface area contributed by atoms with Crippen LogP contribution in [0.2, 0.25) is 0 Å². The number of ether oxygens (including phenoxy) is 1. The number of rotatable bonds is 4. The van der Waals surface area contributed by atoms with Crippen molar-refractivity contribution in [3.63, 3.8) is 0 Å². The average molecular weight is 275 g/mol. The lowest BCUT2D eigenvalue weighted by Crippen LogP contribution is -2.22. The molecule has 0 saturated heterocycles.